The van der Waals surface area contributed by atoms with Gasteiger partial charge in [0.2, 0.25) is 0 Å². The second-order valence-corrected chi connectivity index (χ2v) is 4.83. The maximum absolute atomic E-state index is 11.4. The van der Waals surface area contributed by atoms with Gasteiger partial charge in [-0.25, -0.2) is 0 Å². The number of aromatic nitrogens is 3. The fourth-order valence-corrected chi connectivity index (χ4v) is 2.24. The van der Waals surface area contributed by atoms with Crippen molar-refractivity contribution in [3.8, 4) is 5.75 Å². The van der Waals surface area contributed by atoms with Crippen molar-refractivity contribution < 1.29 is 9.53 Å². The monoisotopic (exact) mass is 281 g/mol. The van der Waals surface area contributed by atoms with Crippen molar-refractivity contribution in [1.82, 2.24) is 14.8 Å². The Morgan fingerprint density at radius 2 is 2.00 bits per heavy atom. The summed E-state index contributed by atoms with van der Waals surface area (Å²) in [7, 11) is 1.88. The molecule has 0 saturated heterocycles. The molecule has 0 aliphatic carbocycles. The number of fused-ring (bicyclic) bond motifs is 1. The summed E-state index contributed by atoms with van der Waals surface area (Å²) in [4.78, 5) is 11.4. The molecule has 3 rings (SSSR count). The molecule has 0 atom stereocenters. The number of carbonyl (C=O) groups is 1. The summed E-state index contributed by atoms with van der Waals surface area (Å²) < 4.78 is 7.62. The summed E-state index contributed by atoms with van der Waals surface area (Å²) in [5, 5.41) is 9.94. The van der Waals surface area contributed by atoms with Gasteiger partial charge in [0.05, 0.1) is 5.56 Å². The molecule has 0 bridgehead atoms. The van der Waals surface area contributed by atoms with Crippen LogP contribution in [0.25, 0.3) is 10.8 Å². The highest BCUT2D eigenvalue weighted by atomic mass is 16.5. The third kappa shape index (κ3) is 2.38. The zero-order valence-electron chi connectivity index (χ0n) is 11.9. The van der Waals surface area contributed by atoms with E-state index in [1.807, 2.05) is 54.9 Å². The molecule has 5 heteroatoms. The number of aldehydes is 1. The van der Waals surface area contributed by atoms with Gasteiger partial charge < -0.3 is 9.30 Å². The van der Waals surface area contributed by atoms with Gasteiger partial charge in [-0.3, -0.25) is 4.79 Å². The van der Waals surface area contributed by atoms with Crippen LogP contribution in [0.1, 0.15) is 22.0 Å². The van der Waals surface area contributed by atoms with Gasteiger partial charge in [-0.05, 0) is 23.8 Å². The predicted octanol–water partition coefficient (Wildman–Crippen LogP) is 2.67. The minimum absolute atomic E-state index is 0.274. The third-order valence-corrected chi connectivity index (χ3v) is 3.59. The van der Waals surface area contributed by atoms with Gasteiger partial charge in [0.1, 0.15) is 18.2 Å². The second kappa shape index (κ2) is 5.36. The Labute approximate surface area is 122 Å². The Kier molecular flexibility index (Phi) is 3.39. The van der Waals surface area contributed by atoms with Gasteiger partial charge >= 0.3 is 0 Å². The highest BCUT2D eigenvalue weighted by Gasteiger charge is 2.10. The Hall–Kier alpha value is -2.69. The molecule has 0 aliphatic heterocycles. The lowest BCUT2D eigenvalue weighted by Crippen LogP contribution is -2.05. The maximum Gasteiger partial charge on any atom is 0.170 e. The number of ether oxygens (including phenoxy) is 1. The van der Waals surface area contributed by atoms with E-state index in [4.69, 9.17) is 4.74 Å². The van der Waals surface area contributed by atoms with E-state index in [2.05, 4.69) is 10.2 Å². The minimum Gasteiger partial charge on any atom is -0.485 e. The molecule has 0 radical (unpaired) electrons. The van der Waals surface area contributed by atoms with Crippen LogP contribution in [0.2, 0.25) is 0 Å². The van der Waals surface area contributed by atoms with Crippen LogP contribution in [0.5, 0.6) is 5.75 Å². The Morgan fingerprint density at radius 3 is 2.71 bits per heavy atom. The molecular weight excluding hydrogens is 266 g/mol. The number of carbonyl (C=O) groups excluding carboxylic acids is 1. The molecule has 1 heterocycles. The zero-order valence-corrected chi connectivity index (χ0v) is 11.9. The number of hydrogen-bond donors (Lipinski definition) is 0. The van der Waals surface area contributed by atoms with Crippen LogP contribution in [0.15, 0.2) is 36.4 Å². The normalized spacial score (nSPS) is 10.8. The quantitative estimate of drug-likeness (QED) is 0.690. The van der Waals surface area contributed by atoms with Crippen LogP contribution in [-0.4, -0.2) is 21.1 Å². The first-order chi connectivity index (χ1) is 10.2. The van der Waals surface area contributed by atoms with Crippen molar-refractivity contribution in [2.75, 3.05) is 0 Å². The van der Waals surface area contributed by atoms with Crippen molar-refractivity contribution >= 4 is 17.1 Å². The molecule has 0 N–H and O–H groups in total. The highest BCUT2D eigenvalue weighted by molar-refractivity contribution is 6.00. The molecule has 5 nitrogen and oxygen atoms in total. The molecule has 0 spiro atoms. The average molecular weight is 281 g/mol. The Morgan fingerprint density at radius 1 is 1.19 bits per heavy atom. The first-order valence-electron chi connectivity index (χ1n) is 6.65. The van der Waals surface area contributed by atoms with Crippen LogP contribution in [0, 0.1) is 6.92 Å². The van der Waals surface area contributed by atoms with Gasteiger partial charge in [0.25, 0.3) is 0 Å². The summed E-state index contributed by atoms with van der Waals surface area (Å²) in [5.41, 5.74) is 0.562. The number of benzene rings is 2. The summed E-state index contributed by atoms with van der Waals surface area (Å²) in [5.74, 6) is 2.10. The summed E-state index contributed by atoms with van der Waals surface area (Å²) in [6.07, 6.45) is 0.833. The fourth-order valence-electron chi connectivity index (χ4n) is 2.24. The van der Waals surface area contributed by atoms with E-state index >= 15 is 0 Å². The first-order valence-corrected chi connectivity index (χ1v) is 6.65. The smallest absolute Gasteiger partial charge is 0.170 e. The molecule has 2 aromatic carbocycles. The zero-order chi connectivity index (χ0) is 14.8. The molecule has 0 unspecified atom stereocenters. The van der Waals surface area contributed by atoms with E-state index in [0.717, 1.165) is 28.7 Å². The minimum atomic E-state index is 0.274. The lowest BCUT2D eigenvalue weighted by molar-refractivity contribution is 0.112. The molecule has 0 saturated carbocycles. The van der Waals surface area contributed by atoms with Crippen LogP contribution in [-0.2, 0) is 13.7 Å². The lowest BCUT2D eigenvalue weighted by atomic mass is 10.0. The Balaban J connectivity index is 1.93. The van der Waals surface area contributed by atoms with Gasteiger partial charge in [-0.2, -0.15) is 0 Å². The standard InChI is InChI=1S/C16H15N3O2/c1-11-17-18-16(19(11)2)10-21-15-8-7-12-5-3-4-6-13(12)14(15)9-20/h3-9H,10H2,1-2H3. The van der Waals surface area contributed by atoms with E-state index in [-0.39, 0.29) is 6.61 Å². The third-order valence-electron chi connectivity index (χ3n) is 3.59. The van der Waals surface area contributed by atoms with Crippen LogP contribution in [0.3, 0.4) is 0 Å². The van der Waals surface area contributed by atoms with Crippen LogP contribution < -0.4 is 4.74 Å². The van der Waals surface area contributed by atoms with Crippen LogP contribution in [0.4, 0.5) is 0 Å². The highest BCUT2D eigenvalue weighted by Crippen LogP contribution is 2.27. The van der Waals surface area contributed by atoms with E-state index in [1.165, 1.54) is 0 Å². The van der Waals surface area contributed by atoms with E-state index in [1.54, 1.807) is 0 Å². The summed E-state index contributed by atoms with van der Waals surface area (Å²) >= 11 is 0. The van der Waals surface area contributed by atoms with Gasteiger partial charge in [-0.15, -0.1) is 10.2 Å². The fraction of sp³-hybridized carbons (Fsp3) is 0.188. The second-order valence-electron chi connectivity index (χ2n) is 4.83. The molecule has 106 valence electrons. The molecular formula is C16H15N3O2. The molecule has 0 fully saturated rings. The number of nitrogens with zero attached hydrogens (tertiary/aromatic N) is 3. The number of aryl methyl sites for hydroxylation is 1. The van der Waals surface area contributed by atoms with E-state index < -0.39 is 0 Å². The molecule has 0 aliphatic rings. The van der Waals surface area contributed by atoms with Crippen molar-refractivity contribution in [3.63, 3.8) is 0 Å². The van der Waals surface area contributed by atoms with Gasteiger partial charge in [0.15, 0.2) is 12.1 Å². The predicted molar refractivity (Wildman–Crippen MR) is 79.4 cm³/mol. The van der Waals surface area contributed by atoms with Crippen molar-refractivity contribution in [3.05, 3.63) is 53.6 Å². The summed E-state index contributed by atoms with van der Waals surface area (Å²) in [6.45, 7) is 2.15. The summed E-state index contributed by atoms with van der Waals surface area (Å²) in [6, 6.07) is 11.5. The number of hydrogen-bond acceptors (Lipinski definition) is 4. The molecule has 3 aromatic rings. The maximum atomic E-state index is 11.4. The first kappa shape index (κ1) is 13.3. The molecule has 0 amide bonds. The average Bonchev–Trinajstić information content (AvgIpc) is 2.84. The van der Waals surface area contributed by atoms with Crippen molar-refractivity contribution in [2.24, 2.45) is 7.05 Å². The molecule has 21 heavy (non-hydrogen) atoms. The van der Waals surface area contributed by atoms with Crippen LogP contribution >= 0.6 is 0 Å². The SMILES string of the molecule is Cc1nnc(COc2ccc3ccccc3c2C=O)n1C. The van der Waals surface area contributed by atoms with Crippen molar-refractivity contribution in [2.45, 2.75) is 13.5 Å². The number of rotatable bonds is 4. The lowest BCUT2D eigenvalue weighted by Gasteiger charge is -2.10. The largest absolute Gasteiger partial charge is 0.485 e. The topological polar surface area (TPSA) is 57.0 Å². The van der Waals surface area contributed by atoms with E-state index in [9.17, 15) is 4.79 Å². The van der Waals surface area contributed by atoms with Crippen molar-refractivity contribution in [1.29, 1.82) is 0 Å². The van der Waals surface area contributed by atoms with E-state index in [0.29, 0.717) is 11.3 Å². The van der Waals surface area contributed by atoms with Gasteiger partial charge in [0, 0.05) is 7.05 Å². The van der Waals surface area contributed by atoms with Gasteiger partial charge in [-0.1, -0.05) is 30.3 Å². The molecule has 1 aromatic heterocycles. The Bertz CT molecular complexity index is 808.